The van der Waals surface area contributed by atoms with Crippen molar-refractivity contribution in [3.8, 4) is 0 Å². The van der Waals surface area contributed by atoms with Gasteiger partial charge in [-0.05, 0) is 38.0 Å². The van der Waals surface area contributed by atoms with Crippen molar-refractivity contribution in [2.75, 3.05) is 0 Å². The second kappa shape index (κ2) is 14.5. The van der Waals surface area contributed by atoms with Crippen molar-refractivity contribution in [3.63, 3.8) is 0 Å². The smallest absolute Gasteiger partial charge is 0.119 e. The van der Waals surface area contributed by atoms with Crippen LogP contribution in [-0.2, 0) is 4.79 Å². The molecule has 1 atom stereocenters. The summed E-state index contributed by atoms with van der Waals surface area (Å²) < 4.78 is 0. The third-order valence-corrected chi connectivity index (χ3v) is 3.62. The molecule has 0 saturated heterocycles. The molecule has 0 spiro atoms. The maximum Gasteiger partial charge on any atom is 0.119 e. The van der Waals surface area contributed by atoms with Crippen LogP contribution in [0, 0.1) is 5.92 Å². The Morgan fingerprint density at radius 1 is 0.833 bits per heavy atom. The molecule has 0 aromatic heterocycles. The highest BCUT2D eigenvalue weighted by atomic mass is 16.1. The van der Waals surface area contributed by atoms with E-state index in [1.54, 1.807) is 0 Å². The van der Waals surface area contributed by atoms with E-state index in [1.807, 2.05) is 0 Å². The SMILES string of the molecule is CCC(C)CCCC/C=C\CCCCCCC=O. The number of carbonyl (C=O) groups is 1. The van der Waals surface area contributed by atoms with E-state index in [2.05, 4.69) is 26.0 Å². The lowest BCUT2D eigenvalue weighted by Crippen LogP contribution is -1.90. The molecule has 0 radical (unpaired) electrons. The number of rotatable bonds is 13. The summed E-state index contributed by atoms with van der Waals surface area (Å²) in [5, 5.41) is 0. The van der Waals surface area contributed by atoms with Gasteiger partial charge in [-0.25, -0.2) is 0 Å². The molecule has 18 heavy (non-hydrogen) atoms. The Bertz CT molecular complexity index is 196. The molecule has 1 heteroatoms. The van der Waals surface area contributed by atoms with Crippen LogP contribution in [0.2, 0.25) is 0 Å². The van der Waals surface area contributed by atoms with E-state index in [4.69, 9.17) is 0 Å². The molecular formula is C17H32O. The molecule has 0 heterocycles. The minimum absolute atomic E-state index is 0.742. The number of hydrogen-bond acceptors (Lipinski definition) is 1. The van der Waals surface area contributed by atoms with Gasteiger partial charge in [0.2, 0.25) is 0 Å². The zero-order chi connectivity index (χ0) is 13.5. The highest BCUT2D eigenvalue weighted by Gasteiger charge is 1.96. The molecule has 1 unspecified atom stereocenters. The van der Waals surface area contributed by atoms with Gasteiger partial charge in [-0.3, -0.25) is 0 Å². The molecule has 0 aromatic rings. The summed E-state index contributed by atoms with van der Waals surface area (Å²) >= 11 is 0. The van der Waals surface area contributed by atoms with Gasteiger partial charge in [0.25, 0.3) is 0 Å². The van der Waals surface area contributed by atoms with E-state index < -0.39 is 0 Å². The fourth-order valence-corrected chi connectivity index (χ4v) is 2.04. The summed E-state index contributed by atoms with van der Waals surface area (Å²) in [6.07, 6.45) is 19.2. The highest BCUT2D eigenvalue weighted by molar-refractivity contribution is 5.48. The van der Waals surface area contributed by atoms with Gasteiger partial charge in [0, 0.05) is 6.42 Å². The van der Waals surface area contributed by atoms with E-state index in [1.165, 1.54) is 57.8 Å². The van der Waals surface area contributed by atoms with Crippen molar-refractivity contribution in [3.05, 3.63) is 12.2 Å². The highest BCUT2D eigenvalue weighted by Crippen LogP contribution is 2.12. The van der Waals surface area contributed by atoms with Gasteiger partial charge in [0.1, 0.15) is 6.29 Å². The van der Waals surface area contributed by atoms with Crippen LogP contribution in [0.1, 0.15) is 84.5 Å². The number of hydrogen-bond donors (Lipinski definition) is 0. The van der Waals surface area contributed by atoms with E-state index in [-0.39, 0.29) is 0 Å². The normalized spacial score (nSPS) is 13.0. The summed E-state index contributed by atoms with van der Waals surface area (Å²) in [6.45, 7) is 4.63. The quantitative estimate of drug-likeness (QED) is 0.234. The topological polar surface area (TPSA) is 17.1 Å². The van der Waals surface area contributed by atoms with Crippen LogP contribution >= 0.6 is 0 Å². The van der Waals surface area contributed by atoms with Crippen LogP contribution in [0.3, 0.4) is 0 Å². The van der Waals surface area contributed by atoms with E-state index in [9.17, 15) is 4.79 Å². The summed E-state index contributed by atoms with van der Waals surface area (Å²) in [5.74, 6) is 0.903. The largest absolute Gasteiger partial charge is 0.303 e. The molecule has 0 fully saturated rings. The van der Waals surface area contributed by atoms with Crippen molar-refractivity contribution in [2.45, 2.75) is 84.5 Å². The van der Waals surface area contributed by atoms with Gasteiger partial charge in [-0.1, -0.05) is 58.1 Å². The molecule has 0 aliphatic heterocycles. The molecule has 0 rings (SSSR count). The monoisotopic (exact) mass is 252 g/mol. The van der Waals surface area contributed by atoms with Crippen molar-refractivity contribution in [2.24, 2.45) is 5.92 Å². The van der Waals surface area contributed by atoms with Crippen molar-refractivity contribution in [1.82, 2.24) is 0 Å². The van der Waals surface area contributed by atoms with Gasteiger partial charge in [-0.2, -0.15) is 0 Å². The maximum absolute atomic E-state index is 10.1. The Hall–Kier alpha value is -0.590. The predicted molar refractivity (Wildman–Crippen MR) is 80.8 cm³/mol. The molecule has 0 saturated carbocycles. The Balaban J connectivity index is 3.11. The zero-order valence-corrected chi connectivity index (χ0v) is 12.5. The molecule has 0 aliphatic carbocycles. The number of allylic oxidation sites excluding steroid dienone is 2. The van der Waals surface area contributed by atoms with E-state index in [0.29, 0.717) is 0 Å². The summed E-state index contributed by atoms with van der Waals surface area (Å²) in [6, 6.07) is 0. The Labute approximate surface area is 114 Å². The average Bonchev–Trinajstić information content (AvgIpc) is 2.39. The average molecular weight is 252 g/mol. The minimum atomic E-state index is 0.742. The van der Waals surface area contributed by atoms with Crippen LogP contribution in [-0.4, -0.2) is 6.29 Å². The fourth-order valence-electron chi connectivity index (χ4n) is 2.04. The fraction of sp³-hybridized carbons (Fsp3) is 0.824. The Kier molecular flexibility index (Phi) is 14.0. The third-order valence-electron chi connectivity index (χ3n) is 3.62. The van der Waals surface area contributed by atoms with Gasteiger partial charge in [-0.15, -0.1) is 0 Å². The van der Waals surface area contributed by atoms with Crippen LogP contribution in [0.15, 0.2) is 12.2 Å². The van der Waals surface area contributed by atoms with Gasteiger partial charge < -0.3 is 4.79 Å². The Morgan fingerprint density at radius 2 is 1.39 bits per heavy atom. The molecule has 1 nitrogen and oxygen atoms in total. The molecule has 0 amide bonds. The number of carbonyl (C=O) groups excluding carboxylic acids is 1. The van der Waals surface area contributed by atoms with Gasteiger partial charge in [0.15, 0.2) is 0 Å². The minimum Gasteiger partial charge on any atom is -0.303 e. The molecule has 0 N–H and O–H groups in total. The molecule has 0 aliphatic rings. The first-order valence-corrected chi connectivity index (χ1v) is 7.89. The van der Waals surface area contributed by atoms with Crippen LogP contribution in [0.25, 0.3) is 0 Å². The molecule has 0 bridgehead atoms. The summed E-state index contributed by atoms with van der Waals surface area (Å²) in [4.78, 5) is 10.1. The lowest BCUT2D eigenvalue weighted by atomic mass is 10.0. The maximum atomic E-state index is 10.1. The van der Waals surface area contributed by atoms with Crippen LogP contribution in [0.4, 0.5) is 0 Å². The molecule has 0 aromatic carbocycles. The molecule has 106 valence electrons. The first kappa shape index (κ1) is 17.4. The van der Waals surface area contributed by atoms with Crippen molar-refractivity contribution in [1.29, 1.82) is 0 Å². The second-order valence-electron chi connectivity index (χ2n) is 5.43. The standard InChI is InChI=1S/C17H32O/c1-3-17(2)15-13-11-9-7-5-4-6-8-10-12-14-16-18/h5,7,16-17H,3-4,6,8-15H2,1-2H3/b7-5-. The van der Waals surface area contributed by atoms with Crippen LogP contribution < -0.4 is 0 Å². The lowest BCUT2D eigenvalue weighted by molar-refractivity contribution is -0.107. The van der Waals surface area contributed by atoms with Crippen LogP contribution in [0.5, 0.6) is 0 Å². The number of unbranched alkanes of at least 4 members (excludes halogenated alkanes) is 7. The molecular weight excluding hydrogens is 220 g/mol. The van der Waals surface area contributed by atoms with E-state index in [0.717, 1.165) is 25.0 Å². The first-order chi connectivity index (χ1) is 8.81. The summed E-state index contributed by atoms with van der Waals surface area (Å²) in [7, 11) is 0. The van der Waals surface area contributed by atoms with Gasteiger partial charge in [0.05, 0.1) is 0 Å². The Morgan fingerprint density at radius 3 is 1.94 bits per heavy atom. The van der Waals surface area contributed by atoms with Gasteiger partial charge >= 0.3 is 0 Å². The zero-order valence-electron chi connectivity index (χ0n) is 12.5. The lowest BCUT2D eigenvalue weighted by Gasteiger charge is -2.06. The number of aldehydes is 1. The van der Waals surface area contributed by atoms with Crippen molar-refractivity contribution < 1.29 is 4.79 Å². The summed E-state index contributed by atoms with van der Waals surface area (Å²) in [5.41, 5.74) is 0. The first-order valence-electron chi connectivity index (χ1n) is 7.89. The third kappa shape index (κ3) is 13.5. The second-order valence-corrected chi connectivity index (χ2v) is 5.43. The van der Waals surface area contributed by atoms with Crippen molar-refractivity contribution >= 4 is 6.29 Å². The predicted octanol–water partition coefficient (Wildman–Crippen LogP) is 5.69. The van der Waals surface area contributed by atoms with E-state index >= 15 is 0 Å².